The van der Waals surface area contributed by atoms with Crippen LogP contribution in [0.2, 0.25) is 0 Å². The normalized spacial score (nSPS) is 23.0. The lowest BCUT2D eigenvalue weighted by molar-refractivity contribution is 0.155. The van der Waals surface area contributed by atoms with Crippen LogP contribution in [-0.2, 0) is 13.1 Å². The predicted molar refractivity (Wildman–Crippen MR) is 101 cm³/mol. The van der Waals surface area contributed by atoms with Crippen LogP contribution in [0.15, 0.2) is 60.7 Å². The van der Waals surface area contributed by atoms with Gasteiger partial charge >= 0.3 is 0 Å². The summed E-state index contributed by atoms with van der Waals surface area (Å²) in [4.78, 5) is 5.01. The molecule has 1 aromatic heterocycles. The Hall–Kier alpha value is -2.50. The highest BCUT2D eigenvalue weighted by Gasteiger charge is 2.42. The van der Waals surface area contributed by atoms with Crippen molar-refractivity contribution in [1.29, 1.82) is 0 Å². The van der Waals surface area contributed by atoms with E-state index in [1.807, 2.05) is 6.07 Å². The quantitative estimate of drug-likeness (QED) is 0.731. The van der Waals surface area contributed by atoms with Gasteiger partial charge < -0.3 is 0 Å². The van der Waals surface area contributed by atoms with Gasteiger partial charge in [-0.2, -0.15) is 0 Å². The monoisotopic (exact) mass is 345 g/mol. The van der Waals surface area contributed by atoms with Gasteiger partial charge in [-0.15, -0.1) is 5.10 Å². The highest BCUT2D eigenvalue weighted by Crippen LogP contribution is 2.35. The number of fused-ring (bicyclic) bond motifs is 3. The third kappa shape index (κ3) is 2.64. The molecular formula is C21H23N5. The van der Waals surface area contributed by atoms with Crippen molar-refractivity contribution in [1.82, 2.24) is 24.8 Å². The van der Waals surface area contributed by atoms with Gasteiger partial charge in [-0.05, 0) is 12.6 Å². The molecule has 1 fully saturated rings. The summed E-state index contributed by atoms with van der Waals surface area (Å²) in [5, 5.41) is 9.10. The summed E-state index contributed by atoms with van der Waals surface area (Å²) < 4.78 is 2.19. The van der Waals surface area contributed by atoms with Crippen LogP contribution in [0.25, 0.3) is 11.3 Å². The molecule has 2 atom stereocenters. The maximum absolute atomic E-state index is 4.57. The van der Waals surface area contributed by atoms with E-state index in [2.05, 4.69) is 86.4 Å². The average Bonchev–Trinajstić information content (AvgIpc) is 3.28. The second-order valence-corrected chi connectivity index (χ2v) is 7.42. The standard InChI is InChI=1S/C21H23N5/c1-24-13-20-21(17-10-6-3-7-11-17)22-23-26(20)19-15-25(14-18(19)24)12-16-8-4-2-5-9-16/h2-11,18-19H,12-15H2,1H3/t18-,19+/m1/s1. The van der Waals surface area contributed by atoms with Crippen LogP contribution in [-0.4, -0.2) is 51.0 Å². The van der Waals surface area contributed by atoms with Gasteiger partial charge in [0.25, 0.3) is 0 Å². The minimum Gasteiger partial charge on any atom is -0.295 e. The maximum Gasteiger partial charge on any atom is 0.117 e. The smallest absolute Gasteiger partial charge is 0.117 e. The molecule has 0 N–H and O–H groups in total. The lowest BCUT2D eigenvalue weighted by Crippen LogP contribution is -2.44. The highest BCUT2D eigenvalue weighted by molar-refractivity contribution is 5.61. The van der Waals surface area contributed by atoms with Gasteiger partial charge in [-0.1, -0.05) is 65.9 Å². The Morgan fingerprint density at radius 3 is 2.38 bits per heavy atom. The minimum absolute atomic E-state index is 0.373. The molecule has 0 aliphatic carbocycles. The van der Waals surface area contributed by atoms with Crippen molar-refractivity contribution >= 4 is 0 Å². The molecule has 3 heterocycles. The molecular weight excluding hydrogens is 322 g/mol. The molecule has 0 bridgehead atoms. The van der Waals surface area contributed by atoms with Gasteiger partial charge in [0.2, 0.25) is 0 Å². The van der Waals surface area contributed by atoms with Crippen LogP contribution in [0.1, 0.15) is 17.3 Å². The van der Waals surface area contributed by atoms with Gasteiger partial charge in [-0.3, -0.25) is 9.80 Å². The maximum atomic E-state index is 4.57. The van der Waals surface area contributed by atoms with Crippen LogP contribution in [0.3, 0.4) is 0 Å². The molecule has 1 saturated heterocycles. The zero-order valence-corrected chi connectivity index (χ0v) is 15.0. The van der Waals surface area contributed by atoms with Gasteiger partial charge in [0.15, 0.2) is 0 Å². The number of hydrogen-bond acceptors (Lipinski definition) is 4. The first-order chi connectivity index (χ1) is 12.8. The Kier molecular flexibility index (Phi) is 3.84. The molecule has 2 aromatic carbocycles. The molecule has 2 aliphatic rings. The molecule has 0 unspecified atom stereocenters. The largest absolute Gasteiger partial charge is 0.295 e. The number of hydrogen-bond donors (Lipinski definition) is 0. The molecule has 26 heavy (non-hydrogen) atoms. The molecule has 5 heteroatoms. The molecule has 0 amide bonds. The number of rotatable bonds is 3. The average molecular weight is 345 g/mol. The number of likely N-dealkylation sites (N-methyl/N-ethyl adjacent to an activating group) is 1. The second kappa shape index (κ2) is 6.34. The molecule has 5 rings (SSSR count). The zero-order chi connectivity index (χ0) is 17.5. The van der Waals surface area contributed by atoms with Crippen LogP contribution in [0.5, 0.6) is 0 Å². The first-order valence-electron chi connectivity index (χ1n) is 9.25. The highest BCUT2D eigenvalue weighted by atomic mass is 15.5. The van der Waals surface area contributed by atoms with E-state index in [9.17, 15) is 0 Å². The molecule has 5 nitrogen and oxygen atoms in total. The van der Waals surface area contributed by atoms with Crippen molar-refractivity contribution in [3.63, 3.8) is 0 Å². The van der Waals surface area contributed by atoms with Gasteiger partial charge in [0, 0.05) is 37.8 Å². The van der Waals surface area contributed by atoms with E-state index in [0.717, 1.165) is 37.4 Å². The van der Waals surface area contributed by atoms with E-state index in [1.165, 1.54) is 11.3 Å². The van der Waals surface area contributed by atoms with Crippen LogP contribution in [0, 0.1) is 0 Å². The third-order valence-corrected chi connectivity index (χ3v) is 5.70. The van der Waals surface area contributed by atoms with Gasteiger partial charge in [0.05, 0.1) is 11.7 Å². The zero-order valence-electron chi connectivity index (χ0n) is 15.0. The second-order valence-electron chi connectivity index (χ2n) is 7.42. The van der Waals surface area contributed by atoms with Crippen LogP contribution < -0.4 is 0 Å². The molecule has 2 aliphatic heterocycles. The number of likely N-dealkylation sites (tertiary alicyclic amines) is 1. The van der Waals surface area contributed by atoms with Gasteiger partial charge in [-0.25, -0.2) is 4.68 Å². The first-order valence-corrected chi connectivity index (χ1v) is 9.25. The van der Waals surface area contributed by atoms with Crippen LogP contribution in [0.4, 0.5) is 0 Å². The summed E-state index contributed by atoms with van der Waals surface area (Å²) in [5.74, 6) is 0. The van der Waals surface area contributed by atoms with E-state index in [-0.39, 0.29) is 0 Å². The molecule has 132 valence electrons. The Morgan fingerprint density at radius 1 is 0.923 bits per heavy atom. The van der Waals surface area contributed by atoms with Crippen LogP contribution >= 0.6 is 0 Å². The van der Waals surface area contributed by atoms with Crippen molar-refractivity contribution in [2.45, 2.75) is 25.2 Å². The van der Waals surface area contributed by atoms with E-state index < -0.39 is 0 Å². The summed E-state index contributed by atoms with van der Waals surface area (Å²) in [7, 11) is 2.23. The first kappa shape index (κ1) is 15.7. The Bertz CT molecular complexity index is 889. The Labute approximate surface area is 153 Å². The lowest BCUT2D eigenvalue weighted by atomic mass is 10.0. The number of nitrogens with zero attached hydrogens (tertiary/aromatic N) is 5. The third-order valence-electron chi connectivity index (χ3n) is 5.70. The fourth-order valence-corrected chi connectivity index (χ4v) is 4.39. The molecule has 0 spiro atoms. The fourth-order valence-electron chi connectivity index (χ4n) is 4.39. The fraction of sp³-hybridized carbons (Fsp3) is 0.333. The summed E-state index contributed by atoms with van der Waals surface area (Å²) >= 11 is 0. The summed E-state index contributed by atoms with van der Waals surface area (Å²) in [6.45, 7) is 4.00. The van der Waals surface area contributed by atoms with Crippen molar-refractivity contribution < 1.29 is 0 Å². The number of benzene rings is 2. The topological polar surface area (TPSA) is 37.2 Å². The molecule has 0 radical (unpaired) electrons. The lowest BCUT2D eigenvalue weighted by Gasteiger charge is -2.34. The van der Waals surface area contributed by atoms with E-state index >= 15 is 0 Å². The van der Waals surface area contributed by atoms with E-state index in [0.29, 0.717) is 12.1 Å². The van der Waals surface area contributed by atoms with Crippen molar-refractivity contribution in [3.05, 3.63) is 71.9 Å². The van der Waals surface area contributed by atoms with Crippen molar-refractivity contribution in [2.24, 2.45) is 0 Å². The summed E-state index contributed by atoms with van der Waals surface area (Å²) in [6, 6.07) is 22.0. The number of aromatic nitrogens is 3. The van der Waals surface area contributed by atoms with E-state index in [1.54, 1.807) is 0 Å². The predicted octanol–water partition coefficient (Wildman–Crippen LogP) is 2.82. The van der Waals surface area contributed by atoms with E-state index in [4.69, 9.17) is 0 Å². The Balaban J connectivity index is 1.43. The van der Waals surface area contributed by atoms with Crippen molar-refractivity contribution in [3.8, 4) is 11.3 Å². The van der Waals surface area contributed by atoms with Gasteiger partial charge in [0.1, 0.15) is 5.69 Å². The molecule has 3 aromatic rings. The van der Waals surface area contributed by atoms with Crippen molar-refractivity contribution in [2.75, 3.05) is 20.1 Å². The SMILES string of the molecule is CN1Cc2c(-c3ccccc3)nnn2[C@H]2CN(Cc3ccccc3)C[C@H]21. The molecule has 0 saturated carbocycles. The Morgan fingerprint density at radius 2 is 1.62 bits per heavy atom. The summed E-state index contributed by atoms with van der Waals surface area (Å²) in [6.07, 6.45) is 0. The minimum atomic E-state index is 0.373. The summed E-state index contributed by atoms with van der Waals surface area (Å²) in [5.41, 5.74) is 4.79.